The fourth-order valence-corrected chi connectivity index (χ4v) is 3.47. The highest BCUT2D eigenvalue weighted by atomic mass is 16.5. The summed E-state index contributed by atoms with van der Waals surface area (Å²) >= 11 is 0. The summed E-state index contributed by atoms with van der Waals surface area (Å²) in [5.41, 5.74) is 3.54. The monoisotopic (exact) mass is 363 g/mol. The molecule has 5 nitrogen and oxygen atoms in total. The summed E-state index contributed by atoms with van der Waals surface area (Å²) < 4.78 is 10.9. The fourth-order valence-electron chi connectivity index (χ4n) is 3.47. The van der Waals surface area contributed by atoms with Crippen LogP contribution in [0.25, 0.3) is 10.9 Å². The Bertz CT molecular complexity index is 983. The molecule has 0 bridgehead atoms. The van der Waals surface area contributed by atoms with Crippen molar-refractivity contribution >= 4 is 16.7 Å². The molecule has 1 aliphatic carbocycles. The third-order valence-corrected chi connectivity index (χ3v) is 5.13. The van der Waals surface area contributed by atoms with E-state index in [4.69, 9.17) is 9.47 Å². The minimum Gasteiger partial charge on any atom is -0.493 e. The van der Waals surface area contributed by atoms with Crippen LogP contribution in [-0.2, 0) is 0 Å². The van der Waals surface area contributed by atoms with Crippen molar-refractivity contribution in [3.8, 4) is 11.5 Å². The van der Waals surface area contributed by atoms with Gasteiger partial charge in [-0.1, -0.05) is 24.3 Å². The van der Waals surface area contributed by atoms with Crippen molar-refractivity contribution in [2.24, 2.45) is 0 Å². The average molecular weight is 363 g/mol. The van der Waals surface area contributed by atoms with Gasteiger partial charge in [0.1, 0.15) is 11.6 Å². The standard InChI is InChI=1S/C22H25N3O2/c1-13(16-6-5-7-17(10-16)15-8-9-15)23-22-18-11-20(26-3)21(27-4)12-19(18)24-14(2)25-22/h5-7,10-13,15H,8-9H2,1-4H3,(H,23,24,25). The van der Waals surface area contributed by atoms with Crippen LogP contribution in [0.15, 0.2) is 36.4 Å². The second-order valence-electron chi connectivity index (χ2n) is 7.15. The molecule has 1 aromatic heterocycles. The molecule has 1 fully saturated rings. The van der Waals surface area contributed by atoms with E-state index in [1.54, 1.807) is 14.2 Å². The predicted octanol–water partition coefficient (Wildman–Crippen LogP) is 5.01. The van der Waals surface area contributed by atoms with Crippen molar-refractivity contribution in [2.45, 2.75) is 38.6 Å². The smallest absolute Gasteiger partial charge is 0.162 e. The van der Waals surface area contributed by atoms with Gasteiger partial charge < -0.3 is 14.8 Å². The minimum atomic E-state index is 0.134. The maximum atomic E-state index is 5.46. The third kappa shape index (κ3) is 3.54. The van der Waals surface area contributed by atoms with E-state index in [1.807, 2.05) is 19.1 Å². The molecule has 2 aromatic carbocycles. The summed E-state index contributed by atoms with van der Waals surface area (Å²) in [5, 5.41) is 4.49. The molecular weight excluding hydrogens is 338 g/mol. The van der Waals surface area contributed by atoms with Gasteiger partial charge in [-0.2, -0.15) is 0 Å². The SMILES string of the molecule is COc1cc2nc(C)nc(NC(C)c3cccc(C4CC4)c3)c2cc1OC. The van der Waals surface area contributed by atoms with E-state index < -0.39 is 0 Å². The molecule has 0 aliphatic heterocycles. The zero-order chi connectivity index (χ0) is 19.0. The highest BCUT2D eigenvalue weighted by Crippen LogP contribution is 2.41. The van der Waals surface area contributed by atoms with E-state index >= 15 is 0 Å². The van der Waals surface area contributed by atoms with Gasteiger partial charge in [0.2, 0.25) is 0 Å². The van der Waals surface area contributed by atoms with Gasteiger partial charge in [-0.3, -0.25) is 0 Å². The number of anilines is 1. The largest absolute Gasteiger partial charge is 0.493 e. The van der Waals surface area contributed by atoms with Crippen LogP contribution in [0.4, 0.5) is 5.82 Å². The maximum Gasteiger partial charge on any atom is 0.162 e. The van der Waals surface area contributed by atoms with Gasteiger partial charge in [0.05, 0.1) is 19.7 Å². The minimum absolute atomic E-state index is 0.134. The van der Waals surface area contributed by atoms with Crippen LogP contribution in [-0.4, -0.2) is 24.2 Å². The van der Waals surface area contributed by atoms with Crippen LogP contribution in [0.5, 0.6) is 11.5 Å². The average Bonchev–Trinajstić information content (AvgIpc) is 3.52. The molecule has 1 unspecified atom stereocenters. The normalized spacial score (nSPS) is 14.8. The van der Waals surface area contributed by atoms with Gasteiger partial charge in [-0.15, -0.1) is 0 Å². The summed E-state index contributed by atoms with van der Waals surface area (Å²) in [7, 11) is 3.27. The number of rotatable bonds is 6. The molecule has 1 aliphatic rings. The zero-order valence-corrected chi connectivity index (χ0v) is 16.2. The number of nitrogens with zero attached hydrogens (tertiary/aromatic N) is 2. The lowest BCUT2D eigenvalue weighted by molar-refractivity contribution is 0.356. The second kappa shape index (κ2) is 7.06. The summed E-state index contributed by atoms with van der Waals surface area (Å²) in [5.74, 6) is 3.61. The molecule has 0 amide bonds. The maximum absolute atomic E-state index is 5.46. The van der Waals surface area contributed by atoms with Gasteiger partial charge >= 0.3 is 0 Å². The van der Waals surface area contributed by atoms with Crippen LogP contribution >= 0.6 is 0 Å². The molecule has 0 spiro atoms. The zero-order valence-electron chi connectivity index (χ0n) is 16.2. The number of hydrogen-bond donors (Lipinski definition) is 1. The van der Waals surface area contributed by atoms with Gasteiger partial charge in [0, 0.05) is 17.5 Å². The third-order valence-electron chi connectivity index (χ3n) is 5.13. The summed E-state index contributed by atoms with van der Waals surface area (Å²) in [4.78, 5) is 9.21. The lowest BCUT2D eigenvalue weighted by atomic mass is 10.0. The van der Waals surface area contributed by atoms with E-state index in [9.17, 15) is 0 Å². The first-order valence-corrected chi connectivity index (χ1v) is 9.36. The van der Waals surface area contributed by atoms with Crippen LogP contribution in [0.3, 0.4) is 0 Å². The highest BCUT2D eigenvalue weighted by molar-refractivity contribution is 5.92. The lowest BCUT2D eigenvalue weighted by Gasteiger charge is -2.18. The van der Waals surface area contributed by atoms with Gasteiger partial charge in [-0.25, -0.2) is 9.97 Å². The highest BCUT2D eigenvalue weighted by Gasteiger charge is 2.24. The first-order chi connectivity index (χ1) is 13.1. The van der Waals surface area contributed by atoms with Crippen LogP contribution in [0, 0.1) is 6.92 Å². The Morgan fingerprint density at radius 1 is 1.04 bits per heavy atom. The van der Waals surface area contributed by atoms with Gasteiger partial charge in [-0.05, 0) is 49.8 Å². The van der Waals surface area contributed by atoms with Crippen LogP contribution < -0.4 is 14.8 Å². The molecule has 140 valence electrons. The number of nitrogens with one attached hydrogen (secondary N) is 1. The molecule has 5 heteroatoms. The van der Waals surface area contributed by atoms with E-state index in [2.05, 4.69) is 46.5 Å². The summed E-state index contributed by atoms with van der Waals surface area (Å²) in [6.07, 6.45) is 2.62. The van der Waals surface area contributed by atoms with E-state index in [1.165, 1.54) is 24.0 Å². The van der Waals surface area contributed by atoms with Crippen molar-refractivity contribution in [3.63, 3.8) is 0 Å². The molecule has 4 rings (SSSR count). The quantitative estimate of drug-likeness (QED) is 0.667. The van der Waals surface area contributed by atoms with E-state index in [-0.39, 0.29) is 6.04 Å². The number of hydrogen-bond acceptors (Lipinski definition) is 5. The number of aromatic nitrogens is 2. The molecule has 27 heavy (non-hydrogen) atoms. The first kappa shape index (κ1) is 17.6. The van der Waals surface area contributed by atoms with E-state index in [0.717, 1.165) is 28.5 Å². The Hall–Kier alpha value is -2.82. The van der Waals surface area contributed by atoms with E-state index in [0.29, 0.717) is 11.5 Å². The molecular formula is C22H25N3O2. The van der Waals surface area contributed by atoms with Crippen molar-refractivity contribution in [2.75, 3.05) is 19.5 Å². The number of ether oxygens (including phenoxy) is 2. The Labute approximate surface area is 159 Å². The number of methoxy groups -OCH3 is 2. The number of benzene rings is 2. The summed E-state index contributed by atoms with van der Waals surface area (Å²) in [6.45, 7) is 4.07. The van der Waals surface area contributed by atoms with Gasteiger partial charge in [0.25, 0.3) is 0 Å². The van der Waals surface area contributed by atoms with Crippen molar-refractivity contribution in [1.82, 2.24) is 9.97 Å². The van der Waals surface area contributed by atoms with Crippen LogP contribution in [0.1, 0.15) is 48.7 Å². The second-order valence-corrected chi connectivity index (χ2v) is 7.15. The molecule has 1 heterocycles. The number of aryl methyl sites for hydroxylation is 1. The molecule has 1 saturated carbocycles. The summed E-state index contributed by atoms with van der Waals surface area (Å²) in [6, 6.07) is 12.8. The Morgan fingerprint density at radius 2 is 1.78 bits per heavy atom. The molecule has 0 saturated heterocycles. The Kier molecular flexibility index (Phi) is 4.60. The Balaban J connectivity index is 1.71. The van der Waals surface area contributed by atoms with Crippen molar-refractivity contribution < 1.29 is 9.47 Å². The molecule has 0 radical (unpaired) electrons. The topological polar surface area (TPSA) is 56.3 Å². The number of fused-ring (bicyclic) bond motifs is 1. The van der Waals surface area contributed by atoms with Crippen molar-refractivity contribution in [1.29, 1.82) is 0 Å². The van der Waals surface area contributed by atoms with Crippen LogP contribution in [0.2, 0.25) is 0 Å². The predicted molar refractivity (Wildman–Crippen MR) is 108 cm³/mol. The molecule has 1 N–H and O–H groups in total. The van der Waals surface area contributed by atoms with Gasteiger partial charge in [0.15, 0.2) is 11.5 Å². The first-order valence-electron chi connectivity index (χ1n) is 9.36. The fraction of sp³-hybridized carbons (Fsp3) is 0.364. The lowest BCUT2D eigenvalue weighted by Crippen LogP contribution is -2.10. The Morgan fingerprint density at radius 3 is 2.48 bits per heavy atom. The molecule has 3 aromatic rings. The molecule has 1 atom stereocenters. The van der Waals surface area contributed by atoms with Crippen molar-refractivity contribution in [3.05, 3.63) is 53.3 Å².